The van der Waals surface area contributed by atoms with Crippen molar-refractivity contribution in [2.45, 2.75) is 11.5 Å². The highest BCUT2D eigenvalue weighted by Crippen LogP contribution is 2.26. The lowest BCUT2D eigenvalue weighted by Gasteiger charge is -2.10. The lowest BCUT2D eigenvalue weighted by molar-refractivity contribution is 0.309. The van der Waals surface area contributed by atoms with Crippen LogP contribution >= 0.6 is 0 Å². The maximum absolute atomic E-state index is 11.4. The largest absolute Gasteiger partial charge is 0.487 e. The van der Waals surface area contributed by atoms with Crippen LogP contribution in [0.4, 0.5) is 11.6 Å². The average Bonchev–Trinajstić information content (AvgIpc) is 3.25. The van der Waals surface area contributed by atoms with Gasteiger partial charge >= 0.3 is 0 Å². The summed E-state index contributed by atoms with van der Waals surface area (Å²) in [7, 11) is -3.75. The third-order valence-electron chi connectivity index (χ3n) is 4.73. The van der Waals surface area contributed by atoms with E-state index in [1.807, 2.05) is 36.4 Å². The zero-order valence-electron chi connectivity index (χ0n) is 16.5. The predicted octanol–water partition coefficient (Wildman–Crippen LogP) is 3.14. The molecule has 0 unspecified atom stereocenters. The molecule has 0 aliphatic heterocycles. The molecule has 10 nitrogen and oxygen atoms in total. The molecule has 2 heterocycles. The van der Waals surface area contributed by atoms with Gasteiger partial charge in [-0.2, -0.15) is 0 Å². The van der Waals surface area contributed by atoms with Crippen molar-refractivity contribution in [2.24, 2.45) is 5.14 Å². The number of hydrogen-bond donors (Lipinski definition) is 2. The zero-order chi connectivity index (χ0) is 22.1. The van der Waals surface area contributed by atoms with Crippen LogP contribution in [0.5, 0.6) is 5.75 Å². The van der Waals surface area contributed by atoms with Gasteiger partial charge in [-0.1, -0.05) is 18.2 Å². The highest BCUT2D eigenvalue weighted by atomic mass is 32.2. The Morgan fingerprint density at radius 3 is 2.62 bits per heavy atom. The normalized spacial score (nSPS) is 11.7. The molecule has 11 heteroatoms. The van der Waals surface area contributed by atoms with Gasteiger partial charge in [0.25, 0.3) is 0 Å². The second-order valence-corrected chi connectivity index (χ2v) is 8.52. The molecular weight excluding hydrogens is 432 g/mol. The number of anilines is 2. The second-order valence-electron chi connectivity index (χ2n) is 6.96. The van der Waals surface area contributed by atoms with Crippen LogP contribution in [0.15, 0.2) is 76.4 Å². The summed E-state index contributed by atoms with van der Waals surface area (Å²) in [6.07, 6.45) is 1.68. The summed E-state index contributed by atoms with van der Waals surface area (Å²) in [6, 6.07) is 17.1. The molecule has 3 aromatic carbocycles. The topological polar surface area (TPSA) is 146 Å². The van der Waals surface area contributed by atoms with Crippen LogP contribution in [0.3, 0.4) is 0 Å². The van der Waals surface area contributed by atoms with Crippen molar-refractivity contribution in [1.29, 1.82) is 0 Å². The Hall–Kier alpha value is -4.09. The number of ether oxygens (including phenoxy) is 1. The van der Waals surface area contributed by atoms with Gasteiger partial charge in [-0.25, -0.2) is 28.2 Å². The number of benzene rings is 3. The molecule has 2 aromatic heterocycles. The van der Waals surface area contributed by atoms with Crippen LogP contribution in [0.1, 0.15) is 5.56 Å². The maximum Gasteiger partial charge on any atom is 0.238 e. The second kappa shape index (κ2) is 7.87. The number of nitrogens with zero attached hydrogens (tertiary/aromatic N) is 4. The first-order valence-electron chi connectivity index (χ1n) is 9.45. The third-order valence-corrected chi connectivity index (χ3v) is 5.65. The van der Waals surface area contributed by atoms with Crippen molar-refractivity contribution >= 4 is 43.6 Å². The highest BCUT2D eigenvalue weighted by Gasteiger charge is 2.10. The summed E-state index contributed by atoms with van der Waals surface area (Å²) in [5.41, 5.74) is 3.50. The first kappa shape index (κ1) is 19.8. The van der Waals surface area contributed by atoms with Crippen LogP contribution in [-0.2, 0) is 16.6 Å². The number of rotatable bonds is 6. The molecule has 0 amide bonds. The number of para-hydroxylation sites is 1. The van der Waals surface area contributed by atoms with Crippen LogP contribution in [-0.4, -0.2) is 28.7 Å². The predicted molar refractivity (Wildman–Crippen MR) is 117 cm³/mol. The summed E-state index contributed by atoms with van der Waals surface area (Å²) in [5, 5.41) is 16.6. The molecule has 0 aliphatic rings. The fourth-order valence-electron chi connectivity index (χ4n) is 3.14. The first-order valence-corrected chi connectivity index (χ1v) is 11.0. The van der Waals surface area contributed by atoms with Crippen molar-refractivity contribution in [2.75, 3.05) is 5.32 Å². The summed E-state index contributed by atoms with van der Waals surface area (Å²) < 4.78 is 33.6. The molecule has 0 saturated heterocycles. The summed E-state index contributed by atoms with van der Waals surface area (Å²) >= 11 is 0. The first-order chi connectivity index (χ1) is 15.5. The van der Waals surface area contributed by atoms with Crippen molar-refractivity contribution < 1.29 is 17.8 Å². The van der Waals surface area contributed by atoms with E-state index in [-0.39, 0.29) is 4.90 Å². The van der Waals surface area contributed by atoms with E-state index in [1.165, 1.54) is 12.1 Å². The number of sulfonamides is 1. The molecule has 0 aliphatic carbocycles. The third kappa shape index (κ3) is 4.06. The van der Waals surface area contributed by atoms with E-state index in [2.05, 4.69) is 25.6 Å². The van der Waals surface area contributed by atoms with Crippen molar-refractivity contribution in [3.8, 4) is 5.75 Å². The van der Waals surface area contributed by atoms with Crippen LogP contribution in [0.25, 0.3) is 21.9 Å². The standard InChI is InChI=1S/C21H16N6O4S/c22-32(28,29)16-7-5-15(6-8-16)24-21-23-11-14-2-1-3-19(20(14)25-21)30-12-13-4-9-17-18(10-13)27-31-26-17/h1-11H,12H2,(H2,22,28,29)(H,23,24,25). The van der Waals surface area contributed by atoms with E-state index in [1.54, 1.807) is 18.3 Å². The molecule has 160 valence electrons. The van der Waals surface area contributed by atoms with E-state index >= 15 is 0 Å². The maximum atomic E-state index is 11.4. The van der Waals surface area contributed by atoms with Gasteiger partial charge in [0.05, 0.1) is 4.90 Å². The number of fused-ring (bicyclic) bond motifs is 2. The Kier molecular flexibility index (Phi) is 4.88. The molecule has 5 aromatic rings. The number of aromatic nitrogens is 4. The number of hydrogen-bond acceptors (Lipinski definition) is 9. The Labute approximate surface area is 182 Å². The van der Waals surface area contributed by atoms with E-state index in [0.29, 0.717) is 40.5 Å². The van der Waals surface area contributed by atoms with Crippen LogP contribution < -0.4 is 15.2 Å². The lowest BCUT2D eigenvalue weighted by Crippen LogP contribution is -2.11. The smallest absolute Gasteiger partial charge is 0.238 e. The lowest BCUT2D eigenvalue weighted by atomic mass is 10.2. The SMILES string of the molecule is NS(=O)(=O)c1ccc(Nc2ncc3cccc(OCc4ccc5nonc5c4)c3n2)cc1. The Bertz CT molecular complexity index is 1530. The minimum atomic E-state index is -3.75. The minimum Gasteiger partial charge on any atom is -0.487 e. The minimum absolute atomic E-state index is 0.0257. The molecular formula is C21H16N6O4S. The Morgan fingerprint density at radius 2 is 1.81 bits per heavy atom. The molecule has 0 atom stereocenters. The quantitative estimate of drug-likeness (QED) is 0.400. The monoisotopic (exact) mass is 448 g/mol. The van der Waals surface area contributed by atoms with Crippen LogP contribution in [0.2, 0.25) is 0 Å². The van der Waals surface area contributed by atoms with E-state index in [9.17, 15) is 8.42 Å². The van der Waals surface area contributed by atoms with Gasteiger partial charge in [0, 0.05) is 17.3 Å². The van der Waals surface area contributed by atoms with Gasteiger partial charge in [0.2, 0.25) is 16.0 Å². The van der Waals surface area contributed by atoms with Gasteiger partial charge in [0.1, 0.15) is 28.9 Å². The molecule has 0 bridgehead atoms. The zero-order valence-corrected chi connectivity index (χ0v) is 17.3. The van der Waals surface area contributed by atoms with Crippen molar-refractivity contribution in [1.82, 2.24) is 20.3 Å². The van der Waals surface area contributed by atoms with Gasteiger partial charge in [-0.05, 0) is 58.3 Å². The summed E-state index contributed by atoms with van der Waals surface area (Å²) in [4.78, 5) is 8.91. The molecule has 0 spiro atoms. The molecule has 0 saturated carbocycles. The van der Waals surface area contributed by atoms with Crippen LogP contribution in [0, 0.1) is 0 Å². The fourth-order valence-corrected chi connectivity index (χ4v) is 3.66. The number of nitrogens with two attached hydrogens (primary N) is 1. The van der Waals surface area contributed by atoms with Gasteiger partial charge in [-0.3, -0.25) is 0 Å². The van der Waals surface area contributed by atoms with Gasteiger partial charge < -0.3 is 10.1 Å². The molecule has 0 fully saturated rings. The van der Waals surface area contributed by atoms with E-state index in [4.69, 9.17) is 14.5 Å². The highest BCUT2D eigenvalue weighted by molar-refractivity contribution is 7.89. The van der Waals surface area contributed by atoms with E-state index in [0.717, 1.165) is 10.9 Å². The van der Waals surface area contributed by atoms with Crippen molar-refractivity contribution in [3.05, 3.63) is 72.4 Å². The number of primary sulfonamides is 1. The molecule has 5 rings (SSSR count). The van der Waals surface area contributed by atoms with Crippen molar-refractivity contribution in [3.63, 3.8) is 0 Å². The fraction of sp³-hybridized carbons (Fsp3) is 0.0476. The molecule has 0 radical (unpaired) electrons. The number of nitrogens with one attached hydrogen (secondary N) is 1. The van der Waals surface area contributed by atoms with Gasteiger partial charge in [0.15, 0.2) is 0 Å². The molecule has 32 heavy (non-hydrogen) atoms. The Morgan fingerprint density at radius 1 is 1.00 bits per heavy atom. The molecule has 3 N–H and O–H groups in total. The Balaban J connectivity index is 1.38. The summed E-state index contributed by atoms with van der Waals surface area (Å²) in [6.45, 7) is 0.309. The van der Waals surface area contributed by atoms with Gasteiger partial charge in [-0.15, -0.1) is 0 Å². The summed E-state index contributed by atoms with van der Waals surface area (Å²) in [5.74, 6) is 0.933. The average molecular weight is 448 g/mol. The van der Waals surface area contributed by atoms with E-state index < -0.39 is 10.0 Å².